The first-order valence-electron chi connectivity index (χ1n) is 16.2. The monoisotopic (exact) mass is 1010 g/mol. The third-order valence-electron chi connectivity index (χ3n) is 7.41. The van der Waals surface area contributed by atoms with Gasteiger partial charge in [0.05, 0.1) is 44.2 Å². The van der Waals surface area contributed by atoms with Gasteiger partial charge in [0.1, 0.15) is 19.9 Å². The molecule has 33 heteroatoms. The number of nitrogens with zero attached hydrogens (tertiary/aromatic N) is 7. The van der Waals surface area contributed by atoms with Crippen LogP contribution < -0.4 is 92.0 Å². The summed E-state index contributed by atoms with van der Waals surface area (Å²) in [5.41, 5.74) is -2.62. The largest absolute Gasteiger partial charge is 1.00 e. The molecule has 0 aliphatic rings. The molecule has 0 amide bonds. The molecule has 0 radical (unpaired) electrons. The van der Waals surface area contributed by atoms with Crippen LogP contribution in [0.4, 0.5) is 34.1 Å². The van der Waals surface area contributed by atoms with Crippen LogP contribution in [0.3, 0.4) is 0 Å². The fraction of sp³-hybridized carbons (Fsp3) is 0. The zero-order valence-corrected chi connectivity index (χ0v) is 40.8. The van der Waals surface area contributed by atoms with E-state index in [9.17, 15) is 57.0 Å². The summed E-state index contributed by atoms with van der Waals surface area (Å²) >= 11 is 12.1. The van der Waals surface area contributed by atoms with E-state index in [2.05, 4.69) is 60.2 Å². The number of hydrogen-bond donors (Lipinski definition) is 8. The van der Waals surface area contributed by atoms with Crippen LogP contribution in [0.15, 0.2) is 129 Å². The predicted octanol–water partition coefficient (Wildman–Crippen LogP) is -4.86. The van der Waals surface area contributed by atoms with Crippen LogP contribution in [-0.4, -0.2) is 87.8 Å². The van der Waals surface area contributed by atoms with Crippen LogP contribution >= 0.6 is 23.2 Å². The molecule has 0 saturated carbocycles. The second kappa shape index (κ2) is 20.8. The van der Waals surface area contributed by atoms with Gasteiger partial charge in [0.2, 0.25) is 33.0 Å². The number of rotatable bonds is 10. The Kier molecular flexibility index (Phi) is 17.0. The summed E-state index contributed by atoms with van der Waals surface area (Å²) in [6.45, 7) is 0. The Hall–Kier alpha value is -4.41. The van der Waals surface area contributed by atoms with Crippen LogP contribution in [0.1, 0.15) is 0 Å². The SMILES string of the molecule is O=S(=O)([O-])c1cccc(N=c2nc(Cl)[nH]c(=Nc3ccc(N=C([O-])Nc4ccc(N=c5[nH]c(Cl)nc(=Nc6cccc(S(=O)(=O)O)c6)[nH]5)c(S(=O)(=O)O)c4)cc3S(=O)(=O)O)[nH]2)c1.[Na+].[Na+]. The number of hydrogen-bond acceptors (Lipinski definition) is 17. The standard InChI is InChI=1S/C31H24Cl2N12O13S4.2Na/c32-25-40-27(34-15-3-1-5-19(11-15)59(47,48)49)44-29(42-25)38-21-9-7-17(13-23(21)61(53,54)55)36-31(46)37-18-8-10-22(24(14-18)62(56,57)58)39-30-43-26(33)41-28(45-30)35-16-4-2-6-20(12-16)60(50,51)52;;/h1-14H,(H2,36,37,46)(H,47,48,49)(H,50,51,52)(H,53,54,55)(H,56,57,58)(H2,34,38,40,42,44)(H2,35,39,41,43,45);;/q;2*+1/p-2. The molecule has 0 aliphatic carbocycles. The molecule has 2 heterocycles. The topological polar surface area (TPSA) is 406 Å². The maximum Gasteiger partial charge on any atom is 1.00 e. The molecule has 8 N–H and O–H groups in total. The first kappa shape index (κ1) is 52.2. The smallest absolute Gasteiger partial charge is 0.846 e. The maximum absolute atomic E-state index is 12.9. The second-order valence-electron chi connectivity index (χ2n) is 11.8. The Labute approximate surface area is 413 Å². The van der Waals surface area contributed by atoms with Crippen molar-refractivity contribution in [2.75, 3.05) is 5.32 Å². The van der Waals surface area contributed by atoms with Gasteiger partial charge in [-0.2, -0.15) is 35.2 Å². The summed E-state index contributed by atoms with van der Waals surface area (Å²) in [5.74, 6) is 0. The van der Waals surface area contributed by atoms with Gasteiger partial charge in [-0.15, -0.1) is 0 Å². The van der Waals surface area contributed by atoms with Gasteiger partial charge in [0.15, 0.2) is 0 Å². The number of amidine groups is 1. The van der Waals surface area contributed by atoms with Crippen molar-refractivity contribution in [1.29, 1.82) is 0 Å². The number of halogens is 2. The van der Waals surface area contributed by atoms with E-state index in [0.717, 1.165) is 60.7 Å². The quantitative estimate of drug-likeness (QED) is 0.0276. The van der Waals surface area contributed by atoms with Gasteiger partial charge in [-0.05, 0) is 96.0 Å². The molecule has 0 spiro atoms. The van der Waals surface area contributed by atoms with E-state index in [1.807, 2.05) is 0 Å². The molecule has 0 fully saturated rings. The molecule has 324 valence electrons. The van der Waals surface area contributed by atoms with Gasteiger partial charge in [-0.1, -0.05) is 12.1 Å². The molecule has 64 heavy (non-hydrogen) atoms. The van der Waals surface area contributed by atoms with Crippen LogP contribution in [0.5, 0.6) is 0 Å². The molecule has 6 aromatic rings. The normalized spacial score (nSPS) is 13.6. The minimum atomic E-state index is -5.07. The molecule has 0 saturated heterocycles. The van der Waals surface area contributed by atoms with E-state index >= 15 is 0 Å². The van der Waals surface area contributed by atoms with E-state index < -0.39 is 77.5 Å². The van der Waals surface area contributed by atoms with Crippen molar-refractivity contribution in [1.82, 2.24) is 29.9 Å². The Morgan fingerprint density at radius 3 is 1.53 bits per heavy atom. The predicted molar refractivity (Wildman–Crippen MR) is 211 cm³/mol. The molecule has 2 aromatic heterocycles. The van der Waals surface area contributed by atoms with Crippen molar-refractivity contribution >= 4 is 104 Å². The van der Waals surface area contributed by atoms with Gasteiger partial charge in [-0.3, -0.25) is 23.6 Å². The Morgan fingerprint density at radius 2 is 1.05 bits per heavy atom. The summed E-state index contributed by atoms with van der Waals surface area (Å²) in [5, 5.41) is 14.5. The number of aromatic nitrogens is 6. The maximum atomic E-state index is 12.9. The molecule has 25 nitrogen and oxygen atoms in total. The molecule has 0 unspecified atom stereocenters. The summed E-state index contributed by atoms with van der Waals surface area (Å²) < 4.78 is 136. The van der Waals surface area contributed by atoms with E-state index in [-0.39, 0.29) is 115 Å². The molecule has 0 atom stereocenters. The summed E-state index contributed by atoms with van der Waals surface area (Å²) in [4.78, 5) is 35.1. The van der Waals surface area contributed by atoms with Crippen LogP contribution in [0.2, 0.25) is 10.6 Å². The second-order valence-corrected chi connectivity index (χ2v) is 18.1. The van der Waals surface area contributed by atoms with Crippen molar-refractivity contribution in [3.63, 3.8) is 0 Å². The first-order valence-corrected chi connectivity index (χ1v) is 22.7. The molecule has 4 aromatic carbocycles. The van der Waals surface area contributed by atoms with Crippen molar-refractivity contribution in [3.8, 4) is 0 Å². The van der Waals surface area contributed by atoms with Gasteiger partial charge < -0.3 is 24.9 Å². The first-order chi connectivity index (χ1) is 28.9. The zero-order chi connectivity index (χ0) is 45.2. The summed E-state index contributed by atoms with van der Waals surface area (Å²) in [7, 11) is -19.5. The van der Waals surface area contributed by atoms with Crippen molar-refractivity contribution in [3.05, 3.63) is 118 Å². The van der Waals surface area contributed by atoms with Crippen molar-refractivity contribution in [2.45, 2.75) is 19.6 Å². The average Bonchev–Trinajstić information content (AvgIpc) is 3.14. The molecule has 6 rings (SSSR count). The van der Waals surface area contributed by atoms with E-state index in [1.165, 1.54) is 24.3 Å². The van der Waals surface area contributed by atoms with Gasteiger partial charge in [0, 0.05) is 5.69 Å². The number of anilines is 1. The Morgan fingerprint density at radius 1 is 0.578 bits per heavy atom. The average molecular weight is 1020 g/mol. The van der Waals surface area contributed by atoms with Crippen molar-refractivity contribution in [2.24, 2.45) is 25.0 Å². The Bertz CT molecular complexity index is 3590. The van der Waals surface area contributed by atoms with E-state index in [1.54, 1.807) is 0 Å². The molecular weight excluding hydrogens is 994 g/mol. The fourth-order valence-corrected chi connectivity index (χ4v) is 7.59. The van der Waals surface area contributed by atoms with Gasteiger partial charge in [-0.25, -0.2) is 33.4 Å². The number of nitrogens with one attached hydrogen (secondary N) is 5. The number of aliphatic imine (C=N–C) groups is 1. The number of benzene rings is 4. The zero-order valence-electron chi connectivity index (χ0n) is 32.0. The Balaban J connectivity index is 0.00000449. The van der Waals surface area contributed by atoms with Crippen molar-refractivity contribution < 1.29 is 116 Å². The van der Waals surface area contributed by atoms with Gasteiger partial charge >= 0.3 is 59.1 Å². The fourth-order valence-electron chi connectivity index (χ4n) is 4.92. The molecule has 0 bridgehead atoms. The number of H-pyrrole nitrogens is 4. The molecular formula is C31H22Cl2N12Na2O13S4. The van der Waals surface area contributed by atoms with Crippen LogP contribution in [0, 0.1) is 0 Å². The molecule has 0 aliphatic heterocycles. The van der Waals surface area contributed by atoms with Crippen LogP contribution in [-0.2, 0) is 40.5 Å². The minimum absolute atomic E-state index is 0. The van der Waals surface area contributed by atoms with E-state index in [4.69, 9.17) is 23.2 Å². The van der Waals surface area contributed by atoms with E-state index in [0.29, 0.717) is 0 Å². The van der Waals surface area contributed by atoms with Gasteiger partial charge in [0.25, 0.3) is 30.4 Å². The third kappa shape index (κ3) is 14.3. The third-order valence-corrected chi connectivity index (χ3v) is 11.2. The minimum Gasteiger partial charge on any atom is -0.846 e. The van der Waals surface area contributed by atoms with Crippen LogP contribution in [0.25, 0.3) is 0 Å². The summed E-state index contributed by atoms with van der Waals surface area (Å²) in [6.07, 6.45) is 0. The summed E-state index contributed by atoms with van der Waals surface area (Å²) in [6, 6.07) is 14.1. The number of aromatic amines is 4.